The highest BCUT2D eigenvalue weighted by Crippen LogP contribution is 2.45. The smallest absolute Gasteiger partial charge is 0.316 e. The Bertz CT molecular complexity index is 1270. The summed E-state index contributed by atoms with van der Waals surface area (Å²) < 4.78 is 11.3. The van der Waals surface area contributed by atoms with E-state index in [4.69, 9.17) is 9.47 Å². The molecule has 2 aromatic carbocycles. The second-order valence-corrected chi connectivity index (χ2v) is 12.3. The van der Waals surface area contributed by atoms with Gasteiger partial charge in [-0.05, 0) is 62.6 Å². The molecule has 0 bridgehead atoms. The van der Waals surface area contributed by atoms with Crippen molar-refractivity contribution >= 4 is 66.9 Å². The molecular weight excluding hydrogens is 620 g/mol. The summed E-state index contributed by atoms with van der Waals surface area (Å²) in [5.74, 6) is -1.47. The van der Waals surface area contributed by atoms with E-state index in [9.17, 15) is 19.2 Å². The number of carbonyl (C=O) groups excluding carboxylic acids is 4. The van der Waals surface area contributed by atoms with Gasteiger partial charge in [-0.15, -0.1) is 0 Å². The molecule has 5 rings (SSSR count). The number of alkyl halides is 2. The molecule has 2 saturated heterocycles. The fraction of sp³-hybridized carbons (Fsp3) is 0.429. The van der Waals surface area contributed by atoms with Gasteiger partial charge in [0.25, 0.3) is 0 Å². The number of carbonyl (C=O) groups is 4. The standard InChI is InChI=1S/C28H28Br2N2O6/c1-3-37-24-7-5-4-6-23(24)31-14-16(11-25(31)33)28(36)38-17-8-9-22(15(2)10-17)32-26(34)18-12-20(29)21(30)13-19(18)27(32)35/h4-10,16,18-21H,3,11-14H2,1-2H3/t16-,18-,19-,20-,21+/m1/s1. The SMILES string of the molecule is CCOc1ccccc1N1C[C@H](C(=O)Oc2ccc(N3C(=O)[C@@H]4C[C@@H](Br)[C@@H](Br)C[C@H]4C3=O)c(C)c2)CC1=O. The number of aryl methyl sites for hydroxylation is 1. The lowest BCUT2D eigenvalue weighted by molar-refractivity contribution is -0.139. The molecule has 0 unspecified atom stereocenters. The second kappa shape index (κ2) is 10.8. The number of anilines is 2. The van der Waals surface area contributed by atoms with Crippen LogP contribution in [0, 0.1) is 24.7 Å². The molecular formula is C28H28Br2N2O6. The Morgan fingerprint density at radius 3 is 2.26 bits per heavy atom. The normalized spacial score (nSPS) is 27.1. The molecule has 0 aromatic heterocycles. The Balaban J connectivity index is 1.28. The Hall–Kier alpha value is -2.72. The number of amides is 3. The van der Waals surface area contributed by atoms with Crippen LogP contribution in [-0.4, -0.2) is 46.5 Å². The van der Waals surface area contributed by atoms with Crippen LogP contribution in [0.25, 0.3) is 0 Å². The molecule has 3 fully saturated rings. The summed E-state index contributed by atoms with van der Waals surface area (Å²) in [5.41, 5.74) is 1.78. The lowest BCUT2D eigenvalue weighted by Gasteiger charge is -2.29. The van der Waals surface area contributed by atoms with Crippen LogP contribution >= 0.6 is 31.9 Å². The van der Waals surface area contributed by atoms with Crippen molar-refractivity contribution in [3.8, 4) is 11.5 Å². The van der Waals surface area contributed by atoms with Crippen LogP contribution in [0.3, 0.4) is 0 Å². The maximum Gasteiger partial charge on any atom is 0.316 e. The van der Waals surface area contributed by atoms with Crippen molar-refractivity contribution < 1.29 is 28.7 Å². The zero-order chi connectivity index (χ0) is 27.1. The maximum absolute atomic E-state index is 13.2. The molecule has 0 N–H and O–H groups in total. The van der Waals surface area contributed by atoms with Gasteiger partial charge in [-0.25, -0.2) is 4.90 Å². The summed E-state index contributed by atoms with van der Waals surface area (Å²) in [6, 6.07) is 12.1. The third-order valence-corrected chi connectivity index (χ3v) is 10.2. The summed E-state index contributed by atoms with van der Waals surface area (Å²) in [7, 11) is 0. The fourth-order valence-electron chi connectivity index (χ4n) is 5.53. The Labute approximate surface area is 237 Å². The quantitative estimate of drug-likeness (QED) is 0.194. The second-order valence-electron chi connectivity index (χ2n) is 9.90. The first-order chi connectivity index (χ1) is 18.2. The molecule has 0 spiro atoms. The van der Waals surface area contributed by atoms with Crippen LogP contribution in [0.2, 0.25) is 0 Å². The number of esters is 1. The molecule has 0 radical (unpaired) electrons. The Morgan fingerprint density at radius 1 is 0.974 bits per heavy atom. The Morgan fingerprint density at radius 2 is 1.63 bits per heavy atom. The summed E-state index contributed by atoms with van der Waals surface area (Å²) in [6.07, 6.45) is 1.24. The maximum atomic E-state index is 13.2. The molecule has 2 heterocycles. The van der Waals surface area contributed by atoms with Gasteiger partial charge in [-0.2, -0.15) is 0 Å². The lowest BCUT2D eigenvalue weighted by atomic mass is 9.81. The number of halogens is 2. The van der Waals surface area contributed by atoms with Crippen LogP contribution in [0.5, 0.6) is 11.5 Å². The zero-order valence-corrected chi connectivity index (χ0v) is 24.2. The van der Waals surface area contributed by atoms with Gasteiger partial charge in [-0.1, -0.05) is 44.0 Å². The fourth-order valence-corrected chi connectivity index (χ4v) is 6.77. The van der Waals surface area contributed by atoms with E-state index in [-0.39, 0.29) is 52.2 Å². The van der Waals surface area contributed by atoms with Gasteiger partial charge in [-0.3, -0.25) is 19.2 Å². The molecule has 8 nitrogen and oxygen atoms in total. The third kappa shape index (κ3) is 4.88. The number of nitrogens with zero attached hydrogens (tertiary/aromatic N) is 2. The molecule has 10 heteroatoms. The largest absolute Gasteiger partial charge is 0.492 e. The minimum atomic E-state index is -0.628. The van der Waals surface area contributed by atoms with Crippen molar-refractivity contribution in [3.05, 3.63) is 48.0 Å². The summed E-state index contributed by atoms with van der Waals surface area (Å²) in [6.45, 7) is 4.31. The van der Waals surface area contributed by atoms with Crippen molar-refractivity contribution in [2.45, 2.75) is 42.8 Å². The van der Waals surface area contributed by atoms with Crippen LogP contribution in [0.15, 0.2) is 42.5 Å². The zero-order valence-electron chi connectivity index (χ0n) is 21.1. The number of para-hydroxylation sites is 2. The van der Waals surface area contributed by atoms with Crippen LogP contribution < -0.4 is 19.3 Å². The van der Waals surface area contributed by atoms with Gasteiger partial charge >= 0.3 is 5.97 Å². The van der Waals surface area contributed by atoms with Gasteiger partial charge in [0.1, 0.15) is 11.5 Å². The molecule has 3 amide bonds. The predicted molar refractivity (Wildman–Crippen MR) is 149 cm³/mol. The topological polar surface area (TPSA) is 93.2 Å². The van der Waals surface area contributed by atoms with Crippen LogP contribution in [0.4, 0.5) is 11.4 Å². The third-order valence-electron chi connectivity index (χ3n) is 7.45. The molecule has 1 saturated carbocycles. The Kier molecular flexibility index (Phi) is 7.64. The van der Waals surface area contributed by atoms with E-state index in [1.807, 2.05) is 19.1 Å². The van der Waals surface area contributed by atoms with Gasteiger partial charge < -0.3 is 14.4 Å². The van der Waals surface area contributed by atoms with E-state index in [1.165, 1.54) is 4.90 Å². The summed E-state index contributed by atoms with van der Waals surface area (Å²) in [5, 5.41) is 0. The molecule has 2 aromatic rings. The van der Waals surface area contributed by atoms with E-state index in [0.29, 0.717) is 47.9 Å². The minimum absolute atomic E-state index is 0.0407. The van der Waals surface area contributed by atoms with Gasteiger partial charge in [0.05, 0.1) is 35.7 Å². The van der Waals surface area contributed by atoms with Crippen molar-refractivity contribution in [3.63, 3.8) is 0 Å². The summed E-state index contributed by atoms with van der Waals surface area (Å²) in [4.78, 5) is 55.2. The minimum Gasteiger partial charge on any atom is -0.492 e. The van der Waals surface area contributed by atoms with Gasteiger partial charge in [0.15, 0.2) is 0 Å². The number of fused-ring (bicyclic) bond motifs is 1. The number of imide groups is 1. The van der Waals surface area contributed by atoms with E-state index in [2.05, 4.69) is 31.9 Å². The van der Waals surface area contributed by atoms with E-state index in [1.54, 1.807) is 42.2 Å². The van der Waals surface area contributed by atoms with Gasteiger partial charge in [0, 0.05) is 22.6 Å². The van der Waals surface area contributed by atoms with Crippen LogP contribution in [-0.2, 0) is 19.2 Å². The molecule has 200 valence electrons. The van der Waals surface area contributed by atoms with Crippen molar-refractivity contribution in [1.82, 2.24) is 0 Å². The van der Waals surface area contributed by atoms with Gasteiger partial charge in [0.2, 0.25) is 17.7 Å². The number of hydrogen-bond acceptors (Lipinski definition) is 6. The number of rotatable bonds is 6. The highest BCUT2D eigenvalue weighted by atomic mass is 79.9. The number of ether oxygens (including phenoxy) is 2. The lowest BCUT2D eigenvalue weighted by Crippen LogP contribution is -2.34. The van der Waals surface area contributed by atoms with Crippen molar-refractivity contribution in [1.29, 1.82) is 0 Å². The average molecular weight is 648 g/mol. The van der Waals surface area contributed by atoms with Crippen molar-refractivity contribution in [2.75, 3.05) is 23.0 Å². The highest BCUT2D eigenvalue weighted by Gasteiger charge is 2.52. The molecule has 3 aliphatic rings. The van der Waals surface area contributed by atoms with Crippen molar-refractivity contribution in [2.24, 2.45) is 17.8 Å². The van der Waals surface area contributed by atoms with E-state index in [0.717, 1.165) is 0 Å². The van der Waals surface area contributed by atoms with E-state index >= 15 is 0 Å². The molecule has 5 atom stereocenters. The molecule has 2 aliphatic heterocycles. The monoisotopic (exact) mass is 646 g/mol. The van der Waals surface area contributed by atoms with Crippen LogP contribution in [0.1, 0.15) is 31.7 Å². The highest BCUT2D eigenvalue weighted by molar-refractivity contribution is 9.12. The number of benzene rings is 2. The first-order valence-electron chi connectivity index (χ1n) is 12.7. The average Bonchev–Trinajstić information content (AvgIpc) is 3.38. The molecule has 1 aliphatic carbocycles. The summed E-state index contributed by atoms with van der Waals surface area (Å²) >= 11 is 7.22. The first kappa shape index (κ1) is 26.9. The molecule has 38 heavy (non-hydrogen) atoms. The number of hydrogen-bond donors (Lipinski definition) is 0. The first-order valence-corrected chi connectivity index (χ1v) is 14.5. The predicted octanol–water partition coefficient (Wildman–Crippen LogP) is 4.78. The van der Waals surface area contributed by atoms with E-state index < -0.39 is 11.9 Å².